The first-order valence-corrected chi connectivity index (χ1v) is 7.24. The van der Waals surface area contributed by atoms with E-state index in [0.717, 1.165) is 36.4 Å². The van der Waals surface area contributed by atoms with Crippen molar-refractivity contribution in [3.05, 3.63) is 42.5 Å². The van der Waals surface area contributed by atoms with Crippen LogP contribution >= 0.6 is 0 Å². The number of nitrogens with two attached hydrogens (primary N) is 1. The predicted molar refractivity (Wildman–Crippen MR) is 82.7 cm³/mol. The quantitative estimate of drug-likeness (QED) is 0.809. The summed E-state index contributed by atoms with van der Waals surface area (Å²) in [6.07, 6.45) is 7.21. The summed E-state index contributed by atoms with van der Waals surface area (Å²) < 4.78 is 13.2. The van der Waals surface area contributed by atoms with Crippen LogP contribution in [0.15, 0.2) is 36.9 Å². The van der Waals surface area contributed by atoms with Crippen LogP contribution in [0.2, 0.25) is 0 Å². The fourth-order valence-electron chi connectivity index (χ4n) is 2.07. The first kappa shape index (κ1) is 15.4. The third kappa shape index (κ3) is 4.49. The molecule has 0 amide bonds. The number of benzene rings is 1. The number of hydrogen-bond acceptors (Lipinski definition) is 4. The van der Waals surface area contributed by atoms with Gasteiger partial charge in [-0.25, -0.2) is 4.98 Å². The summed E-state index contributed by atoms with van der Waals surface area (Å²) in [7, 11) is 1.65. The third-order valence-corrected chi connectivity index (χ3v) is 3.45. The minimum atomic E-state index is 0.148. The lowest BCUT2D eigenvalue weighted by Crippen LogP contribution is -2.22. The lowest BCUT2D eigenvalue weighted by Gasteiger charge is -2.15. The Morgan fingerprint density at radius 1 is 1.38 bits per heavy atom. The summed E-state index contributed by atoms with van der Waals surface area (Å²) in [5.41, 5.74) is 7.17. The molecule has 0 aliphatic carbocycles. The molecule has 1 atom stereocenters. The van der Waals surface area contributed by atoms with Crippen molar-refractivity contribution >= 4 is 0 Å². The van der Waals surface area contributed by atoms with Crippen LogP contribution in [-0.2, 0) is 13.0 Å². The van der Waals surface area contributed by atoms with Crippen LogP contribution < -0.4 is 15.2 Å². The number of nitrogens with zero attached hydrogens (tertiary/aromatic N) is 2. The Balaban J connectivity index is 2.03. The molecule has 2 aromatic rings. The zero-order valence-electron chi connectivity index (χ0n) is 12.7. The van der Waals surface area contributed by atoms with Gasteiger partial charge in [-0.3, -0.25) is 0 Å². The monoisotopic (exact) mass is 289 g/mol. The molecular weight excluding hydrogens is 266 g/mol. The Labute approximate surface area is 125 Å². The van der Waals surface area contributed by atoms with E-state index in [1.165, 1.54) is 0 Å². The van der Waals surface area contributed by atoms with E-state index >= 15 is 0 Å². The van der Waals surface area contributed by atoms with Gasteiger partial charge in [-0.15, -0.1) is 0 Å². The molecule has 5 heteroatoms. The average molecular weight is 289 g/mol. The first-order valence-electron chi connectivity index (χ1n) is 7.24. The average Bonchev–Trinajstić information content (AvgIpc) is 3.02. The Bertz CT molecular complexity index is 540. The summed E-state index contributed by atoms with van der Waals surface area (Å²) in [6, 6.07) is 6.04. The fourth-order valence-corrected chi connectivity index (χ4v) is 2.07. The zero-order valence-corrected chi connectivity index (χ0v) is 12.7. The van der Waals surface area contributed by atoms with Gasteiger partial charge in [0.2, 0.25) is 0 Å². The highest BCUT2D eigenvalue weighted by atomic mass is 16.5. The minimum absolute atomic E-state index is 0.148. The van der Waals surface area contributed by atoms with Crippen LogP contribution in [0.4, 0.5) is 0 Å². The van der Waals surface area contributed by atoms with Crippen molar-refractivity contribution in [1.82, 2.24) is 9.55 Å². The minimum Gasteiger partial charge on any atom is -0.497 e. The van der Waals surface area contributed by atoms with Crippen molar-refractivity contribution in [2.24, 2.45) is 5.73 Å². The van der Waals surface area contributed by atoms with Gasteiger partial charge in [0, 0.05) is 24.5 Å². The van der Waals surface area contributed by atoms with Gasteiger partial charge in [-0.2, -0.15) is 0 Å². The van der Waals surface area contributed by atoms with Gasteiger partial charge in [0.1, 0.15) is 18.1 Å². The molecule has 21 heavy (non-hydrogen) atoms. The van der Waals surface area contributed by atoms with Gasteiger partial charge in [-0.1, -0.05) is 13.0 Å². The third-order valence-electron chi connectivity index (χ3n) is 3.45. The van der Waals surface area contributed by atoms with E-state index in [4.69, 9.17) is 15.2 Å². The van der Waals surface area contributed by atoms with Gasteiger partial charge in [0.25, 0.3) is 0 Å². The molecule has 2 rings (SSSR count). The van der Waals surface area contributed by atoms with E-state index < -0.39 is 0 Å². The Morgan fingerprint density at radius 2 is 2.24 bits per heavy atom. The second-order valence-electron chi connectivity index (χ2n) is 5.00. The number of hydrogen-bond donors (Lipinski definition) is 1. The van der Waals surface area contributed by atoms with Gasteiger partial charge in [0.05, 0.1) is 20.0 Å². The Morgan fingerprint density at radius 3 is 2.90 bits per heavy atom. The van der Waals surface area contributed by atoms with Crippen molar-refractivity contribution in [3.63, 3.8) is 0 Å². The van der Waals surface area contributed by atoms with Crippen molar-refractivity contribution in [3.8, 4) is 11.5 Å². The first-order chi connectivity index (χ1) is 10.2. The maximum Gasteiger partial charge on any atom is 0.126 e. The highest BCUT2D eigenvalue weighted by Gasteiger charge is 2.09. The lowest BCUT2D eigenvalue weighted by atomic mass is 10.0. The molecule has 114 valence electrons. The van der Waals surface area contributed by atoms with E-state index in [2.05, 4.69) is 11.9 Å². The number of methoxy groups -OCH3 is 1. The van der Waals surface area contributed by atoms with Crippen molar-refractivity contribution in [1.29, 1.82) is 0 Å². The molecule has 0 aliphatic heterocycles. The number of imidazole rings is 1. The molecule has 0 bridgehead atoms. The molecule has 1 unspecified atom stereocenters. The van der Waals surface area contributed by atoms with E-state index in [1.807, 2.05) is 29.0 Å². The molecule has 0 spiro atoms. The van der Waals surface area contributed by atoms with Crippen LogP contribution in [0.1, 0.15) is 18.9 Å². The summed E-state index contributed by atoms with van der Waals surface area (Å²) in [5.74, 6) is 1.64. The SMILES string of the molecule is CCC(N)Cc1ccc(OC)cc1OCCn1ccnc1. The molecule has 0 saturated heterocycles. The second-order valence-corrected chi connectivity index (χ2v) is 5.00. The van der Waals surface area contributed by atoms with Gasteiger partial charge < -0.3 is 19.8 Å². The maximum atomic E-state index is 6.05. The van der Waals surface area contributed by atoms with Crippen LogP contribution in [-0.4, -0.2) is 29.3 Å². The topological polar surface area (TPSA) is 62.3 Å². The smallest absolute Gasteiger partial charge is 0.126 e. The second kappa shape index (κ2) is 7.69. The van der Waals surface area contributed by atoms with Crippen LogP contribution in [0, 0.1) is 0 Å². The van der Waals surface area contributed by atoms with Crippen molar-refractivity contribution in [2.45, 2.75) is 32.4 Å². The molecule has 0 aliphatic rings. The van der Waals surface area contributed by atoms with Crippen LogP contribution in [0.25, 0.3) is 0 Å². The molecule has 5 nitrogen and oxygen atoms in total. The number of ether oxygens (including phenoxy) is 2. The summed E-state index contributed by atoms with van der Waals surface area (Å²) in [5, 5.41) is 0. The molecule has 0 fully saturated rings. The van der Waals surface area contributed by atoms with Crippen LogP contribution in [0.5, 0.6) is 11.5 Å². The number of rotatable bonds is 8. The maximum absolute atomic E-state index is 6.05. The molecule has 0 radical (unpaired) electrons. The molecule has 2 N–H and O–H groups in total. The molecule has 1 aromatic heterocycles. The highest BCUT2D eigenvalue weighted by Crippen LogP contribution is 2.26. The van der Waals surface area contributed by atoms with Crippen molar-refractivity contribution < 1.29 is 9.47 Å². The normalized spacial score (nSPS) is 12.1. The van der Waals surface area contributed by atoms with Gasteiger partial charge in [-0.05, 0) is 24.5 Å². The predicted octanol–water partition coefficient (Wildman–Crippen LogP) is 2.25. The van der Waals surface area contributed by atoms with E-state index in [0.29, 0.717) is 6.61 Å². The van der Waals surface area contributed by atoms with Gasteiger partial charge in [0.15, 0.2) is 0 Å². The van der Waals surface area contributed by atoms with Crippen LogP contribution in [0.3, 0.4) is 0 Å². The fraction of sp³-hybridized carbons (Fsp3) is 0.438. The van der Waals surface area contributed by atoms with E-state index in [-0.39, 0.29) is 6.04 Å². The standard InChI is InChI=1S/C16H23N3O2/c1-3-14(17)10-13-4-5-15(20-2)11-16(13)21-9-8-19-7-6-18-12-19/h4-7,11-12,14H,3,8-10,17H2,1-2H3. The van der Waals surface area contributed by atoms with Crippen molar-refractivity contribution in [2.75, 3.05) is 13.7 Å². The summed E-state index contributed by atoms with van der Waals surface area (Å²) >= 11 is 0. The highest BCUT2D eigenvalue weighted by molar-refractivity contribution is 5.41. The molecule has 0 saturated carbocycles. The zero-order chi connectivity index (χ0) is 15.1. The van der Waals surface area contributed by atoms with E-state index in [1.54, 1.807) is 19.6 Å². The largest absolute Gasteiger partial charge is 0.497 e. The lowest BCUT2D eigenvalue weighted by molar-refractivity contribution is 0.292. The van der Waals surface area contributed by atoms with E-state index in [9.17, 15) is 0 Å². The van der Waals surface area contributed by atoms with Gasteiger partial charge >= 0.3 is 0 Å². The molecule has 1 heterocycles. The molecular formula is C16H23N3O2. The Kier molecular flexibility index (Phi) is 5.63. The summed E-state index contributed by atoms with van der Waals surface area (Å²) in [4.78, 5) is 4.01. The summed E-state index contributed by atoms with van der Waals surface area (Å²) in [6.45, 7) is 3.43. The molecule has 1 aromatic carbocycles. The Hall–Kier alpha value is -2.01. The number of aromatic nitrogens is 2.